The Kier molecular flexibility index (Phi) is 4.10. The van der Waals surface area contributed by atoms with Gasteiger partial charge in [-0.25, -0.2) is 0 Å². The molecule has 5 heteroatoms. The van der Waals surface area contributed by atoms with E-state index < -0.39 is 0 Å². The number of amides is 1. The van der Waals surface area contributed by atoms with E-state index in [0.717, 1.165) is 22.6 Å². The Balaban J connectivity index is 1.94. The summed E-state index contributed by atoms with van der Waals surface area (Å²) in [5.74, 6) is 1.33. The van der Waals surface area contributed by atoms with Crippen molar-refractivity contribution in [3.05, 3.63) is 47.5 Å². The molecule has 0 saturated heterocycles. The summed E-state index contributed by atoms with van der Waals surface area (Å²) in [6.07, 6.45) is 1.07. The van der Waals surface area contributed by atoms with Crippen molar-refractivity contribution in [2.24, 2.45) is 0 Å². The standard InChI is InChI=1S/C18H19NO4/c1-22-14-6-3-12(4-7-14)11-19-15-10-17(23-2)16(20)9-13(15)5-8-18(19)21/h3-4,6-7,9-10,20H,5,8,11H2,1-2H3. The van der Waals surface area contributed by atoms with Crippen LogP contribution in [0.5, 0.6) is 17.2 Å². The Morgan fingerprint density at radius 2 is 1.83 bits per heavy atom. The molecule has 3 rings (SSSR count). The summed E-state index contributed by atoms with van der Waals surface area (Å²) in [6.45, 7) is 0.476. The van der Waals surface area contributed by atoms with Gasteiger partial charge in [-0.1, -0.05) is 12.1 Å². The van der Waals surface area contributed by atoms with Crippen LogP contribution in [0, 0.1) is 0 Å². The molecular formula is C18H19NO4. The molecule has 0 aromatic heterocycles. The molecule has 120 valence electrons. The van der Waals surface area contributed by atoms with Gasteiger partial charge in [0.05, 0.1) is 26.5 Å². The first-order valence-corrected chi connectivity index (χ1v) is 7.45. The first-order valence-electron chi connectivity index (χ1n) is 7.45. The normalized spacial score (nSPS) is 13.7. The highest BCUT2D eigenvalue weighted by molar-refractivity contribution is 5.96. The Morgan fingerprint density at radius 1 is 1.09 bits per heavy atom. The number of ether oxygens (including phenoxy) is 2. The number of benzene rings is 2. The van der Waals surface area contributed by atoms with Crippen LogP contribution < -0.4 is 14.4 Å². The van der Waals surface area contributed by atoms with Gasteiger partial charge in [-0.3, -0.25) is 4.79 Å². The van der Waals surface area contributed by atoms with Gasteiger partial charge < -0.3 is 19.5 Å². The van der Waals surface area contributed by atoms with Crippen LogP contribution in [0.2, 0.25) is 0 Å². The van der Waals surface area contributed by atoms with E-state index >= 15 is 0 Å². The van der Waals surface area contributed by atoms with E-state index in [4.69, 9.17) is 9.47 Å². The van der Waals surface area contributed by atoms with Crippen LogP contribution in [0.25, 0.3) is 0 Å². The molecule has 0 atom stereocenters. The summed E-state index contributed by atoms with van der Waals surface area (Å²) in [5, 5.41) is 9.92. The van der Waals surface area contributed by atoms with Crippen LogP contribution in [0.3, 0.4) is 0 Å². The van der Waals surface area contributed by atoms with E-state index in [1.165, 1.54) is 7.11 Å². The molecule has 1 aliphatic heterocycles. The third-order valence-electron chi connectivity index (χ3n) is 4.08. The Morgan fingerprint density at radius 3 is 2.48 bits per heavy atom. The van der Waals surface area contributed by atoms with Gasteiger partial charge in [0.1, 0.15) is 5.75 Å². The molecular weight excluding hydrogens is 294 g/mol. The summed E-state index contributed by atoms with van der Waals surface area (Å²) >= 11 is 0. The summed E-state index contributed by atoms with van der Waals surface area (Å²) in [7, 11) is 3.12. The number of hydrogen-bond donors (Lipinski definition) is 1. The minimum absolute atomic E-state index is 0.0704. The number of methoxy groups -OCH3 is 2. The van der Waals surface area contributed by atoms with E-state index in [0.29, 0.717) is 25.1 Å². The second-order valence-electron chi connectivity index (χ2n) is 5.48. The topological polar surface area (TPSA) is 59.0 Å². The average molecular weight is 313 g/mol. The van der Waals surface area contributed by atoms with Crippen LogP contribution in [-0.4, -0.2) is 25.2 Å². The lowest BCUT2D eigenvalue weighted by atomic mass is 9.99. The fourth-order valence-corrected chi connectivity index (χ4v) is 2.81. The van der Waals surface area contributed by atoms with E-state index in [2.05, 4.69) is 0 Å². The number of aryl methyl sites for hydroxylation is 1. The molecule has 1 N–H and O–H groups in total. The number of carbonyl (C=O) groups is 1. The molecule has 1 aliphatic rings. The number of hydrogen-bond acceptors (Lipinski definition) is 4. The quantitative estimate of drug-likeness (QED) is 0.943. The largest absolute Gasteiger partial charge is 0.504 e. The number of fused-ring (bicyclic) bond motifs is 1. The van der Waals surface area contributed by atoms with Gasteiger partial charge in [0.25, 0.3) is 0 Å². The zero-order valence-corrected chi connectivity index (χ0v) is 13.2. The van der Waals surface area contributed by atoms with Crippen LogP contribution >= 0.6 is 0 Å². The highest BCUT2D eigenvalue weighted by Gasteiger charge is 2.26. The van der Waals surface area contributed by atoms with Crippen molar-refractivity contribution in [1.29, 1.82) is 0 Å². The fraction of sp³-hybridized carbons (Fsp3) is 0.278. The second-order valence-corrected chi connectivity index (χ2v) is 5.48. The van der Waals surface area contributed by atoms with Gasteiger partial charge in [-0.15, -0.1) is 0 Å². The molecule has 23 heavy (non-hydrogen) atoms. The molecule has 2 aromatic carbocycles. The number of aromatic hydroxyl groups is 1. The SMILES string of the molecule is COc1ccc(CN2C(=O)CCc3cc(O)c(OC)cc32)cc1. The lowest BCUT2D eigenvalue weighted by molar-refractivity contribution is -0.119. The highest BCUT2D eigenvalue weighted by atomic mass is 16.5. The van der Waals surface area contributed by atoms with E-state index in [1.54, 1.807) is 24.1 Å². The number of phenols is 1. The lowest BCUT2D eigenvalue weighted by Gasteiger charge is -2.30. The number of anilines is 1. The zero-order chi connectivity index (χ0) is 16.4. The van der Waals surface area contributed by atoms with E-state index in [1.807, 2.05) is 24.3 Å². The van der Waals surface area contributed by atoms with Crippen molar-refractivity contribution >= 4 is 11.6 Å². The third-order valence-corrected chi connectivity index (χ3v) is 4.08. The van der Waals surface area contributed by atoms with Crippen molar-refractivity contribution in [1.82, 2.24) is 0 Å². The second kappa shape index (κ2) is 6.20. The van der Waals surface area contributed by atoms with Crippen molar-refractivity contribution in [2.45, 2.75) is 19.4 Å². The lowest BCUT2D eigenvalue weighted by Crippen LogP contribution is -2.34. The fourth-order valence-electron chi connectivity index (χ4n) is 2.81. The molecule has 0 bridgehead atoms. The first-order chi connectivity index (χ1) is 11.1. The molecule has 0 unspecified atom stereocenters. The molecule has 1 heterocycles. The minimum Gasteiger partial charge on any atom is -0.504 e. The van der Waals surface area contributed by atoms with Gasteiger partial charge in [0, 0.05) is 12.5 Å². The summed E-state index contributed by atoms with van der Waals surface area (Å²) in [4.78, 5) is 14.1. The zero-order valence-electron chi connectivity index (χ0n) is 13.2. The van der Waals surface area contributed by atoms with Crippen LogP contribution in [0.1, 0.15) is 17.5 Å². The number of rotatable bonds is 4. The third kappa shape index (κ3) is 2.95. The molecule has 0 saturated carbocycles. The first kappa shape index (κ1) is 15.2. The molecule has 0 radical (unpaired) electrons. The smallest absolute Gasteiger partial charge is 0.227 e. The van der Waals surface area contributed by atoms with Gasteiger partial charge in [0.2, 0.25) is 5.91 Å². The van der Waals surface area contributed by atoms with Crippen LogP contribution in [0.4, 0.5) is 5.69 Å². The van der Waals surface area contributed by atoms with Gasteiger partial charge >= 0.3 is 0 Å². The van der Waals surface area contributed by atoms with Gasteiger partial charge in [-0.2, -0.15) is 0 Å². The van der Waals surface area contributed by atoms with Crippen molar-refractivity contribution in [3.63, 3.8) is 0 Å². The molecule has 0 aliphatic carbocycles. The van der Waals surface area contributed by atoms with Crippen molar-refractivity contribution in [3.8, 4) is 17.2 Å². The Hall–Kier alpha value is -2.69. The van der Waals surface area contributed by atoms with Gasteiger partial charge in [0.15, 0.2) is 11.5 Å². The average Bonchev–Trinajstić information content (AvgIpc) is 2.57. The van der Waals surface area contributed by atoms with E-state index in [-0.39, 0.29) is 11.7 Å². The minimum atomic E-state index is 0.0704. The monoisotopic (exact) mass is 313 g/mol. The summed E-state index contributed by atoms with van der Waals surface area (Å²) < 4.78 is 10.3. The predicted molar refractivity (Wildman–Crippen MR) is 87.2 cm³/mol. The number of nitrogens with zero attached hydrogens (tertiary/aromatic N) is 1. The maximum Gasteiger partial charge on any atom is 0.227 e. The van der Waals surface area contributed by atoms with Gasteiger partial charge in [-0.05, 0) is 35.7 Å². The highest BCUT2D eigenvalue weighted by Crippen LogP contribution is 2.38. The predicted octanol–water partition coefficient (Wildman–Crippen LogP) is 2.89. The van der Waals surface area contributed by atoms with Crippen molar-refractivity contribution in [2.75, 3.05) is 19.1 Å². The number of carbonyl (C=O) groups excluding carboxylic acids is 1. The maximum absolute atomic E-state index is 12.4. The van der Waals surface area contributed by atoms with Crippen LogP contribution in [-0.2, 0) is 17.8 Å². The molecule has 0 fully saturated rings. The maximum atomic E-state index is 12.4. The van der Waals surface area contributed by atoms with E-state index in [9.17, 15) is 9.90 Å². The summed E-state index contributed by atoms with van der Waals surface area (Å²) in [5.41, 5.74) is 2.77. The molecule has 0 spiro atoms. The van der Waals surface area contributed by atoms with Crippen LogP contribution in [0.15, 0.2) is 36.4 Å². The number of phenolic OH excluding ortho intramolecular Hbond substituents is 1. The molecule has 2 aromatic rings. The Bertz CT molecular complexity index is 725. The molecule has 5 nitrogen and oxygen atoms in total. The Labute approximate surface area is 135 Å². The van der Waals surface area contributed by atoms with Crippen molar-refractivity contribution < 1.29 is 19.4 Å². The summed E-state index contributed by atoms with van der Waals surface area (Å²) in [6, 6.07) is 11.0. The molecule has 1 amide bonds.